The van der Waals surface area contributed by atoms with Crippen LogP contribution in [-0.4, -0.2) is 12.9 Å². The standard InChI is InChI=1S/C16H15ClO2/c1-19-16-8-7-14(17)10-13(16)11-15(18)9-12-5-3-2-4-6-12/h2-8,10H,9,11H2,1H3. The molecule has 0 fully saturated rings. The molecule has 0 heterocycles. The summed E-state index contributed by atoms with van der Waals surface area (Å²) in [6.45, 7) is 0. The number of hydrogen-bond acceptors (Lipinski definition) is 2. The van der Waals surface area contributed by atoms with Gasteiger partial charge in [-0.25, -0.2) is 0 Å². The van der Waals surface area contributed by atoms with Gasteiger partial charge in [-0.3, -0.25) is 4.79 Å². The Labute approximate surface area is 118 Å². The molecule has 2 rings (SSSR count). The van der Waals surface area contributed by atoms with E-state index in [4.69, 9.17) is 16.3 Å². The van der Waals surface area contributed by atoms with Gasteiger partial charge in [-0.2, -0.15) is 0 Å². The molecule has 0 spiro atoms. The maximum atomic E-state index is 12.1. The number of Topliss-reactive ketones (excluding diaryl/α,β-unsaturated/α-hetero) is 1. The Hall–Kier alpha value is -1.80. The van der Waals surface area contributed by atoms with Crippen molar-refractivity contribution in [3.8, 4) is 5.75 Å². The van der Waals surface area contributed by atoms with Crippen LogP contribution in [0.15, 0.2) is 48.5 Å². The number of ether oxygens (including phenoxy) is 1. The molecule has 0 aliphatic heterocycles. The molecule has 3 heteroatoms. The van der Waals surface area contributed by atoms with Crippen molar-refractivity contribution in [3.05, 3.63) is 64.7 Å². The summed E-state index contributed by atoms with van der Waals surface area (Å²) in [6.07, 6.45) is 0.759. The van der Waals surface area contributed by atoms with E-state index in [2.05, 4.69) is 0 Å². The quantitative estimate of drug-likeness (QED) is 0.831. The van der Waals surface area contributed by atoms with Crippen LogP contribution in [0.2, 0.25) is 5.02 Å². The molecule has 0 saturated carbocycles. The summed E-state index contributed by atoms with van der Waals surface area (Å²) < 4.78 is 5.24. The maximum Gasteiger partial charge on any atom is 0.141 e. The largest absolute Gasteiger partial charge is 0.496 e. The van der Waals surface area contributed by atoms with Gasteiger partial charge in [-0.05, 0) is 23.8 Å². The van der Waals surface area contributed by atoms with Crippen LogP contribution in [0.3, 0.4) is 0 Å². The average molecular weight is 275 g/mol. The van der Waals surface area contributed by atoms with Crippen LogP contribution in [-0.2, 0) is 17.6 Å². The van der Waals surface area contributed by atoms with Gasteiger partial charge >= 0.3 is 0 Å². The minimum atomic E-state index is 0.145. The zero-order valence-electron chi connectivity index (χ0n) is 10.7. The molecule has 0 aliphatic rings. The second-order valence-electron chi connectivity index (χ2n) is 4.33. The molecule has 0 amide bonds. The average Bonchev–Trinajstić information content (AvgIpc) is 2.40. The van der Waals surface area contributed by atoms with Gasteiger partial charge in [-0.15, -0.1) is 0 Å². The van der Waals surface area contributed by atoms with Gasteiger partial charge in [0.05, 0.1) is 7.11 Å². The van der Waals surface area contributed by atoms with Crippen molar-refractivity contribution < 1.29 is 9.53 Å². The number of ketones is 1. The monoisotopic (exact) mass is 274 g/mol. The first-order valence-electron chi connectivity index (χ1n) is 6.07. The van der Waals surface area contributed by atoms with Crippen molar-refractivity contribution in [1.29, 1.82) is 0 Å². The van der Waals surface area contributed by atoms with Gasteiger partial charge in [0.2, 0.25) is 0 Å². The van der Waals surface area contributed by atoms with Crippen molar-refractivity contribution in [1.82, 2.24) is 0 Å². The number of benzene rings is 2. The summed E-state index contributed by atoms with van der Waals surface area (Å²) in [5, 5.41) is 0.614. The molecule has 0 unspecified atom stereocenters. The van der Waals surface area contributed by atoms with E-state index in [0.29, 0.717) is 23.6 Å². The summed E-state index contributed by atoms with van der Waals surface area (Å²) in [5.41, 5.74) is 1.85. The number of halogens is 1. The van der Waals surface area contributed by atoms with Crippen LogP contribution in [0.5, 0.6) is 5.75 Å². The van der Waals surface area contributed by atoms with Crippen LogP contribution < -0.4 is 4.74 Å². The number of rotatable bonds is 5. The third kappa shape index (κ3) is 3.83. The first-order chi connectivity index (χ1) is 9.19. The summed E-state index contributed by atoms with van der Waals surface area (Å²) in [6, 6.07) is 15.0. The lowest BCUT2D eigenvalue weighted by Gasteiger charge is -2.08. The molecular formula is C16H15ClO2. The highest BCUT2D eigenvalue weighted by molar-refractivity contribution is 6.30. The fourth-order valence-corrected chi connectivity index (χ4v) is 2.18. The minimum absolute atomic E-state index is 0.145. The van der Waals surface area contributed by atoms with Crippen LogP contribution in [0.1, 0.15) is 11.1 Å². The Morgan fingerprint density at radius 2 is 1.84 bits per heavy atom. The van der Waals surface area contributed by atoms with Crippen LogP contribution in [0.25, 0.3) is 0 Å². The highest BCUT2D eigenvalue weighted by atomic mass is 35.5. The van der Waals surface area contributed by atoms with E-state index < -0.39 is 0 Å². The topological polar surface area (TPSA) is 26.3 Å². The van der Waals surface area contributed by atoms with Gasteiger partial charge in [0.25, 0.3) is 0 Å². The van der Waals surface area contributed by atoms with Gasteiger partial charge in [0.15, 0.2) is 0 Å². The van der Waals surface area contributed by atoms with Crippen molar-refractivity contribution >= 4 is 17.4 Å². The zero-order valence-corrected chi connectivity index (χ0v) is 11.5. The molecule has 2 nitrogen and oxygen atoms in total. The van der Waals surface area contributed by atoms with E-state index in [1.165, 1.54) is 0 Å². The number of methoxy groups -OCH3 is 1. The molecule has 2 aromatic carbocycles. The third-order valence-electron chi connectivity index (χ3n) is 2.87. The van der Waals surface area contributed by atoms with Crippen LogP contribution in [0.4, 0.5) is 0 Å². The van der Waals surface area contributed by atoms with E-state index in [9.17, 15) is 4.79 Å². The Kier molecular flexibility index (Phi) is 4.58. The van der Waals surface area contributed by atoms with Gasteiger partial charge in [-0.1, -0.05) is 41.9 Å². The van der Waals surface area contributed by atoms with E-state index >= 15 is 0 Å². The first-order valence-corrected chi connectivity index (χ1v) is 6.45. The molecule has 0 bridgehead atoms. The van der Waals surface area contributed by atoms with Gasteiger partial charge < -0.3 is 4.74 Å². The Balaban J connectivity index is 2.09. The van der Waals surface area contributed by atoms with Crippen molar-refractivity contribution in [2.75, 3.05) is 7.11 Å². The highest BCUT2D eigenvalue weighted by Gasteiger charge is 2.10. The first kappa shape index (κ1) is 13.6. The van der Waals surface area contributed by atoms with E-state index in [-0.39, 0.29) is 5.78 Å². The normalized spacial score (nSPS) is 10.2. The molecule has 0 N–H and O–H groups in total. The molecule has 0 aromatic heterocycles. The molecule has 2 aromatic rings. The van der Waals surface area contributed by atoms with Gasteiger partial charge in [0, 0.05) is 23.4 Å². The van der Waals surface area contributed by atoms with Gasteiger partial charge in [0.1, 0.15) is 11.5 Å². The number of carbonyl (C=O) groups is 1. The molecule has 19 heavy (non-hydrogen) atoms. The summed E-state index contributed by atoms with van der Waals surface area (Å²) in [5.74, 6) is 0.845. The Morgan fingerprint density at radius 1 is 1.11 bits per heavy atom. The second-order valence-corrected chi connectivity index (χ2v) is 4.77. The lowest BCUT2D eigenvalue weighted by atomic mass is 10.0. The number of carbonyl (C=O) groups excluding carboxylic acids is 1. The molecule has 0 radical (unpaired) electrons. The summed E-state index contributed by atoms with van der Waals surface area (Å²) >= 11 is 5.95. The highest BCUT2D eigenvalue weighted by Crippen LogP contribution is 2.23. The number of hydrogen-bond donors (Lipinski definition) is 0. The van der Waals surface area contributed by atoms with E-state index in [0.717, 1.165) is 11.1 Å². The van der Waals surface area contributed by atoms with Crippen molar-refractivity contribution in [2.45, 2.75) is 12.8 Å². The third-order valence-corrected chi connectivity index (χ3v) is 3.11. The Bertz CT molecular complexity index is 564. The maximum absolute atomic E-state index is 12.1. The van der Waals surface area contributed by atoms with E-state index in [1.54, 1.807) is 25.3 Å². The molecule has 98 valence electrons. The zero-order chi connectivity index (χ0) is 13.7. The molecule has 0 saturated heterocycles. The lowest BCUT2D eigenvalue weighted by Crippen LogP contribution is -2.07. The fraction of sp³-hybridized carbons (Fsp3) is 0.188. The molecular weight excluding hydrogens is 260 g/mol. The predicted molar refractivity (Wildman–Crippen MR) is 76.9 cm³/mol. The predicted octanol–water partition coefficient (Wildman–Crippen LogP) is 3.70. The molecule has 0 aliphatic carbocycles. The summed E-state index contributed by atoms with van der Waals surface area (Å²) in [4.78, 5) is 12.1. The second kappa shape index (κ2) is 6.39. The van der Waals surface area contributed by atoms with E-state index in [1.807, 2.05) is 30.3 Å². The van der Waals surface area contributed by atoms with Crippen LogP contribution in [0, 0.1) is 0 Å². The fourth-order valence-electron chi connectivity index (χ4n) is 1.98. The van der Waals surface area contributed by atoms with Crippen molar-refractivity contribution in [2.24, 2.45) is 0 Å². The Morgan fingerprint density at radius 3 is 2.53 bits per heavy atom. The minimum Gasteiger partial charge on any atom is -0.496 e. The SMILES string of the molecule is COc1ccc(Cl)cc1CC(=O)Cc1ccccc1. The summed E-state index contributed by atoms with van der Waals surface area (Å²) in [7, 11) is 1.59. The molecule has 0 atom stereocenters. The smallest absolute Gasteiger partial charge is 0.141 e. The lowest BCUT2D eigenvalue weighted by molar-refractivity contribution is -0.117. The van der Waals surface area contributed by atoms with Crippen molar-refractivity contribution in [3.63, 3.8) is 0 Å². The van der Waals surface area contributed by atoms with Crippen LogP contribution >= 0.6 is 11.6 Å².